The Morgan fingerprint density at radius 3 is 2.62 bits per heavy atom. The van der Waals surface area contributed by atoms with Crippen molar-refractivity contribution in [2.45, 2.75) is 20.3 Å². The van der Waals surface area contributed by atoms with Crippen LogP contribution >= 0.6 is 0 Å². The minimum absolute atomic E-state index is 0.442. The van der Waals surface area contributed by atoms with Crippen molar-refractivity contribution in [2.24, 2.45) is 0 Å². The minimum Gasteiger partial charge on any atom is -0.496 e. The second-order valence-electron chi connectivity index (χ2n) is 3.07. The van der Waals surface area contributed by atoms with E-state index in [-0.39, 0.29) is 0 Å². The molecule has 13 heavy (non-hydrogen) atoms. The highest BCUT2D eigenvalue weighted by atomic mass is 16.5. The maximum Gasteiger partial charge on any atom is 0.122 e. The molecule has 2 nitrogen and oxygen atoms in total. The van der Waals surface area contributed by atoms with E-state index in [1.807, 2.05) is 26.0 Å². The predicted octanol–water partition coefficient (Wildman–Crippen LogP) is 2.38. The lowest BCUT2D eigenvalue weighted by Gasteiger charge is -2.09. The Morgan fingerprint density at radius 2 is 2.08 bits per heavy atom. The molecule has 0 aromatic heterocycles. The van der Waals surface area contributed by atoms with Crippen LogP contribution in [-0.2, 0) is 6.42 Å². The Bertz CT molecular complexity index is 350. The molecule has 2 heteroatoms. The standard InChI is InChI=1S/C11H13NO/c1-8-6-10(4-5-12)7-11(13-3)9(8)2/h6-7H,4H2,1-3H3. The summed E-state index contributed by atoms with van der Waals surface area (Å²) in [4.78, 5) is 0. The van der Waals surface area contributed by atoms with Crippen LogP contribution in [0.4, 0.5) is 0 Å². The smallest absolute Gasteiger partial charge is 0.122 e. The van der Waals surface area contributed by atoms with Crippen molar-refractivity contribution in [1.82, 2.24) is 0 Å². The zero-order valence-electron chi connectivity index (χ0n) is 8.22. The van der Waals surface area contributed by atoms with Gasteiger partial charge in [-0.2, -0.15) is 5.26 Å². The summed E-state index contributed by atoms with van der Waals surface area (Å²) in [6.07, 6.45) is 0.442. The Hall–Kier alpha value is -1.49. The van der Waals surface area contributed by atoms with Crippen molar-refractivity contribution >= 4 is 0 Å². The van der Waals surface area contributed by atoms with Crippen LogP contribution < -0.4 is 4.74 Å². The Morgan fingerprint density at radius 1 is 1.38 bits per heavy atom. The maximum absolute atomic E-state index is 8.55. The van der Waals surface area contributed by atoms with Gasteiger partial charge in [0.15, 0.2) is 0 Å². The molecule has 0 unspecified atom stereocenters. The molecule has 0 atom stereocenters. The molecule has 0 aliphatic carbocycles. The summed E-state index contributed by atoms with van der Waals surface area (Å²) < 4.78 is 5.20. The van der Waals surface area contributed by atoms with Gasteiger partial charge < -0.3 is 4.74 Å². The fourth-order valence-electron chi connectivity index (χ4n) is 1.30. The van der Waals surface area contributed by atoms with Gasteiger partial charge in [-0.05, 0) is 36.6 Å². The number of ether oxygens (including phenoxy) is 1. The van der Waals surface area contributed by atoms with Gasteiger partial charge in [0.1, 0.15) is 5.75 Å². The average Bonchev–Trinajstić information content (AvgIpc) is 2.11. The summed E-state index contributed by atoms with van der Waals surface area (Å²) in [6, 6.07) is 6.08. The molecular formula is C11H13NO. The molecule has 0 radical (unpaired) electrons. The van der Waals surface area contributed by atoms with Crippen LogP contribution in [0.25, 0.3) is 0 Å². The summed E-state index contributed by atoms with van der Waals surface area (Å²) >= 11 is 0. The number of hydrogen-bond donors (Lipinski definition) is 0. The van der Waals surface area contributed by atoms with Crippen molar-refractivity contribution in [3.05, 3.63) is 28.8 Å². The lowest BCUT2D eigenvalue weighted by atomic mass is 10.0. The third-order valence-electron chi connectivity index (χ3n) is 2.18. The van der Waals surface area contributed by atoms with Crippen molar-refractivity contribution in [3.8, 4) is 11.8 Å². The molecule has 1 rings (SSSR count). The molecule has 0 fully saturated rings. The molecule has 1 aromatic carbocycles. The highest BCUT2D eigenvalue weighted by Crippen LogP contribution is 2.23. The van der Waals surface area contributed by atoms with E-state index in [0.717, 1.165) is 16.9 Å². The highest BCUT2D eigenvalue weighted by molar-refractivity contribution is 5.43. The van der Waals surface area contributed by atoms with Gasteiger partial charge in [0.2, 0.25) is 0 Å². The maximum atomic E-state index is 8.55. The van der Waals surface area contributed by atoms with Gasteiger partial charge in [-0.3, -0.25) is 0 Å². The fraction of sp³-hybridized carbons (Fsp3) is 0.364. The largest absolute Gasteiger partial charge is 0.496 e. The highest BCUT2D eigenvalue weighted by Gasteiger charge is 2.03. The number of nitriles is 1. The molecular weight excluding hydrogens is 162 g/mol. The van der Waals surface area contributed by atoms with Crippen LogP contribution in [0.1, 0.15) is 16.7 Å². The van der Waals surface area contributed by atoms with E-state index in [0.29, 0.717) is 6.42 Å². The molecule has 0 N–H and O–H groups in total. The minimum atomic E-state index is 0.442. The molecule has 0 spiro atoms. The molecule has 0 bridgehead atoms. The molecule has 1 aromatic rings. The fourth-order valence-corrected chi connectivity index (χ4v) is 1.30. The number of methoxy groups -OCH3 is 1. The van der Waals surface area contributed by atoms with Crippen LogP contribution in [0.2, 0.25) is 0 Å². The number of aryl methyl sites for hydroxylation is 1. The molecule has 0 aliphatic rings. The lowest BCUT2D eigenvalue weighted by molar-refractivity contribution is 0.411. The van der Waals surface area contributed by atoms with Gasteiger partial charge in [-0.25, -0.2) is 0 Å². The van der Waals surface area contributed by atoms with Crippen molar-refractivity contribution in [1.29, 1.82) is 5.26 Å². The number of hydrogen-bond acceptors (Lipinski definition) is 2. The Kier molecular flexibility index (Phi) is 2.92. The second-order valence-corrected chi connectivity index (χ2v) is 3.07. The van der Waals surface area contributed by atoms with Crippen molar-refractivity contribution < 1.29 is 4.74 Å². The SMILES string of the molecule is COc1cc(CC#N)cc(C)c1C. The monoisotopic (exact) mass is 175 g/mol. The topological polar surface area (TPSA) is 33.0 Å². The second kappa shape index (κ2) is 3.95. The van der Waals surface area contributed by atoms with Crippen LogP contribution in [0.15, 0.2) is 12.1 Å². The summed E-state index contributed by atoms with van der Waals surface area (Å²) in [5, 5.41) is 8.55. The molecule has 0 heterocycles. The van der Waals surface area contributed by atoms with Crippen LogP contribution in [-0.4, -0.2) is 7.11 Å². The normalized spacial score (nSPS) is 9.38. The summed E-state index contributed by atoms with van der Waals surface area (Å²) in [7, 11) is 1.65. The zero-order chi connectivity index (χ0) is 9.84. The van der Waals surface area contributed by atoms with E-state index in [1.54, 1.807) is 7.11 Å². The molecule has 0 saturated heterocycles. The first-order valence-electron chi connectivity index (χ1n) is 4.20. The van der Waals surface area contributed by atoms with E-state index < -0.39 is 0 Å². The summed E-state index contributed by atoms with van der Waals surface area (Å²) in [6.45, 7) is 4.04. The number of nitrogens with zero attached hydrogens (tertiary/aromatic N) is 1. The Balaban J connectivity index is 3.16. The van der Waals surface area contributed by atoms with Crippen molar-refractivity contribution in [2.75, 3.05) is 7.11 Å². The molecule has 0 amide bonds. The molecule has 0 aliphatic heterocycles. The first kappa shape index (κ1) is 9.60. The van der Waals surface area contributed by atoms with Crippen molar-refractivity contribution in [3.63, 3.8) is 0 Å². The number of benzene rings is 1. The lowest BCUT2D eigenvalue weighted by Crippen LogP contribution is -1.93. The third-order valence-corrected chi connectivity index (χ3v) is 2.18. The average molecular weight is 175 g/mol. The summed E-state index contributed by atoms with van der Waals surface area (Å²) in [5.74, 6) is 0.866. The van der Waals surface area contributed by atoms with Gasteiger partial charge in [0.05, 0.1) is 19.6 Å². The van der Waals surface area contributed by atoms with Crippen LogP contribution in [0, 0.1) is 25.2 Å². The molecule has 0 saturated carbocycles. The number of rotatable bonds is 2. The quantitative estimate of drug-likeness (QED) is 0.691. The van der Waals surface area contributed by atoms with Crippen LogP contribution in [0.3, 0.4) is 0 Å². The van der Waals surface area contributed by atoms with E-state index in [1.165, 1.54) is 5.56 Å². The van der Waals surface area contributed by atoms with Crippen LogP contribution in [0.5, 0.6) is 5.75 Å². The van der Waals surface area contributed by atoms with E-state index >= 15 is 0 Å². The van der Waals surface area contributed by atoms with Gasteiger partial charge >= 0.3 is 0 Å². The first-order chi connectivity index (χ1) is 6.19. The summed E-state index contributed by atoms with van der Waals surface area (Å²) in [5.41, 5.74) is 3.33. The first-order valence-corrected chi connectivity index (χ1v) is 4.20. The van der Waals surface area contributed by atoms with Gasteiger partial charge in [0.25, 0.3) is 0 Å². The van der Waals surface area contributed by atoms with Gasteiger partial charge in [0, 0.05) is 0 Å². The van der Waals surface area contributed by atoms with E-state index in [4.69, 9.17) is 10.00 Å². The van der Waals surface area contributed by atoms with Gasteiger partial charge in [-0.15, -0.1) is 0 Å². The molecule has 68 valence electrons. The third kappa shape index (κ3) is 2.00. The zero-order valence-corrected chi connectivity index (χ0v) is 8.22. The van der Waals surface area contributed by atoms with E-state index in [2.05, 4.69) is 6.07 Å². The predicted molar refractivity (Wildman–Crippen MR) is 51.8 cm³/mol. The van der Waals surface area contributed by atoms with E-state index in [9.17, 15) is 0 Å². The Labute approximate surface area is 78.8 Å². The van der Waals surface area contributed by atoms with Gasteiger partial charge in [-0.1, -0.05) is 6.07 Å².